The molecule has 136 valence electrons. The lowest BCUT2D eigenvalue weighted by molar-refractivity contribution is -0.118. The third kappa shape index (κ3) is 5.43. The number of hydrogen-bond donors (Lipinski definition) is 2. The van der Waals surface area contributed by atoms with Gasteiger partial charge in [0.25, 0.3) is 5.91 Å². The van der Waals surface area contributed by atoms with E-state index in [1.54, 1.807) is 36.4 Å². The molecule has 0 saturated heterocycles. The van der Waals surface area contributed by atoms with Gasteiger partial charge in [0, 0.05) is 22.7 Å². The molecule has 4 nitrogen and oxygen atoms in total. The Morgan fingerprint density at radius 1 is 0.815 bits per heavy atom. The molecule has 3 rings (SSSR count). The van der Waals surface area contributed by atoms with Crippen LogP contribution in [0.15, 0.2) is 84.9 Å². The van der Waals surface area contributed by atoms with Crippen LogP contribution in [-0.2, 0) is 11.2 Å². The Morgan fingerprint density at radius 3 is 2.04 bits per heavy atom. The summed E-state index contributed by atoms with van der Waals surface area (Å²) in [4.78, 5) is 25.4. The Hall–Kier alpha value is -3.11. The average molecular weight is 379 g/mol. The lowest BCUT2D eigenvalue weighted by Crippen LogP contribution is -2.45. The molecule has 0 bridgehead atoms. The van der Waals surface area contributed by atoms with Gasteiger partial charge in [-0.2, -0.15) is 0 Å². The van der Waals surface area contributed by atoms with Gasteiger partial charge in [-0.25, -0.2) is 0 Å². The van der Waals surface area contributed by atoms with Crippen LogP contribution in [0.4, 0.5) is 5.69 Å². The number of para-hydroxylation sites is 1. The predicted octanol–water partition coefficient (Wildman–Crippen LogP) is 4.32. The summed E-state index contributed by atoms with van der Waals surface area (Å²) in [6.07, 6.45) is 0.388. The van der Waals surface area contributed by atoms with Crippen molar-refractivity contribution < 1.29 is 9.59 Å². The number of nitrogens with one attached hydrogen (secondary N) is 2. The van der Waals surface area contributed by atoms with E-state index in [2.05, 4.69) is 10.6 Å². The first kappa shape index (κ1) is 18.7. The van der Waals surface area contributed by atoms with E-state index >= 15 is 0 Å². The highest BCUT2D eigenvalue weighted by atomic mass is 35.5. The normalized spacial score (nSPS) is 11.4. The topological polar surface area (TPSA) is 58.2 Å². The maximum Gasteiger partial charge on any atom is 0.251 e. The van der Waals surface area contributed by atoms with Crippen LogP contribution in [0.25, 0.3) is 0 Å². The fourth-order valence-corrected chi connectivity index (χ4v) is 2.78. The number of rotatable bonds is 6. The van der Waals surface area contributed by atoms with Crippen LogP contribution in [0, 0.1) is 0 Å². The minimum absolute atomic E-state index is 0.271. The fourth-order valence-electron chi connectivity index (χ4n) is 2.65. The number of carbonyl (C=O) groups is 2. The Bertz CT molecular complexity index is 897. The maximum absolute atomic E-state index is 12.8. The molecule has 3 aromatic rings. The van der Waals surface area contributed by atoms with Crippen LogP contribution < -0.4 is 10.6 Å². The van der Waals surface area contributed by atoms with Gasteiger partial charge in [0.2, 0.25) is 5.91 Å². The van der Waals surface area contributed by atoms with E-state index in [0.717, 1.165) is 5.56 Å². The van der Waals surface area contributed by atoms with E-state index in [1.165, 1.54) is 0 Å². The molecule has 0 heterocycles. The number of halogens is 1. The minimum Gasteiger partial charge on any atom is -0.340 e. The molecule has 1 atom stereocenters. The summed E-state index contributed by atoms with van der Waals surface area (Å²) in [7, 11) is 0. The van der Waals surface area contributed by atoms with Crippen molar-refractivity contribution in [3.8, 4) is 0 Å². The maximum atomic E-state index is 12.8. The van der Waals surface area contributed by atoms with E-state index in [9.17, 15) is 9.59 Å². The zero-order chi connectivity index (χ0) is 19.1. The van der Waals surface area contributed by atoms with Crippen LogP contribution in [0.5, 0.6) is 0 Å². The first-order chi connectivity index (χ1) is 13.1. The van der Waals surface area contributed by atoms with Crippen molar-refractivity contribution in [2.75, 3.05) is 5.32 Å². The van der Waals surface area contributed by atoms with Crippen LogP contribution >= 0.6 is 11.6 Å². The van der Waals surface area contributed by atoms with E-state index < -0.39 is 6.04 Å². The van der Waals surface area contributed by atoms with Gasteiger partial charge in [0.1, 0.15) is 6.04 Å². The first-order valence-corrected chi connectivity index (χ1v) is 8.96. The summed E-state index contributed by atoms with van der Waals surface area (Å²) in [5, 5.41) is 6.23. The summed E-state index contributed by atoms with van der Waals surface area (Å²) in [6, 6.07) is 24.6. The summed E-state index contributed by atoms with van der Waals surface area (Å²) < 4.78 is 0. The second-order valence-corrected chi connectivity index (χ2v) is 6.51. The molecule has 0 saturated carbocycles. The summed E-state index contributed by atoms with van der Waals surface area (Å²) >= 11 is 5.87. The first-order valence-electron chi connectivity index (χ1n) is 8.58. The Kier molecular flexibility index (Phi) is 6.23. The molecule has 1 unspecified atom stereocenters. The lowest BCUT2D eigenvalue weighted by atomic mass is 10.0. The molecular weight excluding hydrogens is 360 g/mol. The zero-order valence-corrected chi connectivity index (χ0v) is 15.3. The second-order valence-electron chi connectivity index (χ2n) is 6.08. The van der Waals surface area contributed by atoms with Crippen molar-refractivity contribution in [2.24, 2.45) is 0 Å². The Morgan fingerprint density at radius 2 is 1.41 bits per heavy atom. The zero-order valence-electron chi connectivity index (χ0n) is 14.6. The largest absolute Gasteiger partial charge is 0.340 e. The molecule has 0 aromatic heterocycles. The molecule has 0 radical (unpaired) electrons. The molecule has 0 fully saturated rings. The summed E-state index contributed by atoms with van der Waals surface area (Å²) in [5.41, 5.74) is 2.09. The van der Waals surface area contributed by atoms with Crippen molar-refractivity contribution in [3.05, 3.63) is 101 Å². The fraction of sp³-hybridized carbons (Fsp3) is 0.0909. The smallest absolute Gasteiger partial charge is 0.251 e. The van der Waals surface area contributed by atoms with E-state index in [4.69, 9.17) is 11.6 Å². The van der Waals surface area contributed by atoms with Crippen molar-refractivity contribution in [3.63, 3.8) is 0 Å². The van der Waals surface area contributed by atoms with Gasteiger partial charge in [-0.05, 0) is 42.0 Å². The van der Waals surface area contributed by atoms with Gasteiger partial charge < -0.3 is 10.6 Å². The standard InChI is InChI=1S/C22H19ClN2O2/c23-18-13-11-17(12-14-18)21(26)25-20(15-16-7-3-1-4-8-16)22(27)24-19-9-5-2-6-10-19/h1-14,20H,15H2,(H,24,27)(H,25,26). The van der Waals surface area contributed by atoms with Crippen LogP contribution in [-0.4, -0.2) is 17.9 Å². The van der Waals surface area contributed by atoms with Gasteiger partial charge in [-0.3, -0.25) is 9.59 Å². The highest BCUT2D eigenvalue weighted by molar-refractivity contribution is 6.30. The molecule has 5 heteroatoms. The number of carbonyl (C=O) groups excluding carboxylic acids is 2. The highest BCUT2D eigenvalue weighted by Gasteiger charge is 2.22. The molecule has 0 aliphatic carbocycles. The van der Waals surface area contributed by atoms with E-state index in [1.807, 2.05) is 48.5 Å². The van der Waals surface area contributed by atoms with Crippen molar-refractivity contribution >= 4 is 29.1 Å². The molecule has 0 aliphatic heterocycles. The van der Waals surface area contributed by atoms with Gasteiger partial charge in [0.15, 0.2) is 0 Å². The van der Waals surface area contributed by atoms with Gasteiger partial charge in [-0.1, -0.05) is 60.1 Å². The monoisotopic (exact) mass is 378 g/mol. The number of hydrogen-bond acceptors (Lipinski definition) is 2. The molecule has 2 N–H and O–H groups in total. The van der Waals surface area contributed by atoms with Crippen LogP contribution in [0.2, 0.25) is 5.02 Å². The number of benzene rings is 3. The Labute approximate surface area is 163 Å². The average Bonchev–Trinajstić information content (AvgIpc) is 2.69. The number of anilines is 1. The van der Waals surface area contributed by atoms with Crippen LogP contribution in [0.1, 0.15) is 15.9 Å². The Balaban J connectivity index is 1.77. The summed E-state index contributed by atoms with van der Waals surface area (Å²) in [6.45, 7) is 0. The van der Waals surface area contributed by atoms with Crippen molar-refractivity contribution in [1.82, 2.24) is 5.32 Å². The summed E-state index contributed by atoms with van der Waals surface area (Å²) in [5.74, 6) is -0.594. The second kappa shape index (κ2) is 9.01. The van der Waals surface area contributed by atoms with Crippen molar-refractivity contribution in [2.45, 2.75) is 12.5 Å². The quantitative estimate of drug-likeness (QED) is 0.671. The third-order valence-corrected chi connectivity index (χ3v) is 4.30. The van der Waals surface area contributed by atoms with E-state index in [0.29, 0.717) is 22.7 Å². The molecule has 3 aromatic carbocycles. The highest BCUT2D eigenvalue weighted by Crippen LogP contribution is 2.12. The van der Waals surface area contributed by atoms with Crippen molar-refractivity contribution in [1.29, 1.82) is 0 Å². The predicted molar refractivity (Wildman–Crippen MR) is 108 cm³/mol. The number of amides is 2. The van der Waals surface area contributed by atoms with E-state index in [-0.39, 0.29) is 11.8 Å². The molecular formula is C22H19ClN2O2. The molecule has 2 amide bonds. The van der Waals surface area contributed by atoms with Gasteiger partial charge in [-0.15, -0.1) is 0 Å². The van der Waals surface area contributed by atoms with Gasteiger partial charge >= 0.3 is 0 Å². The molecule has 0 spiro atoms. The minimum atomic E-state index is -0.712. The lowest BCUT2D eigenvalue weighted by Gasteiger charge is -2.19. The van der Waals surface area contributed by atoms with Crippen LogP contribution in [0.3, 0.4) is 0 Å². The van der Waals surface area contributed by atoms with Gasteiger partial charge in [0.05, 0.1) is 0 Å². The third-order valence-electron chi connectivity index (χ3n) is 4.05. The molecule has 27 heavy (non-hydrogen) atoms. The SMILES string of the molecule is O=C(NC(Cc1ccccc1)C(=O)Nc1ccccc1)c1ccc(Cl)cc1. The molecule has 0 aliphatic rings.